The predicted octanol–water partition coefficient (Wildman–Crippen LogP) is 5.88. The Kier molecular flexibility index (Phi) is 4.76. The minimum absolute atomic E-state index is 0.298. The summed E-state index contributed by atoms with van der Waals surface area (Å²) < 4.78 is 0. The summed E-state index contributed by atoms with van der Waals surface area (Å²) in [5.41, 5.74) is -0.308. The summed E-state index contributed by atoms with van der Waals surface area (Å²) in [7, 11) is 0. The molecule has 0 atom stereocenters. The van der Waals surface area contributed by atoms with E-state index in [1.807, 2.05) is 74.5 Å². The molecule has 0 aromatic heterocycles. The first kappa shape index (κ1) is 19.7. The standard InChI is InChI=1S/C24H19Cl2NO2/c1-23(2)21(28)27(20-14-18(25)13-19(26)15-20)22(29)24(23,16-9-5-3-6-10-16)17-11-7-4-8-12-17/h3-15H,1-2H3. The second kappa shape index (κ2) is 7.01. The molecule has 146 valence electrons. The Morgan fingerprint density at radius 1 is 0.690 bits per heavy atom. The van der Waals surface area contributed by atoms with E-state index in [2.05, 4.69) is 0 Å². The fourth-order valence-electron chi connectivity index (χ4n) is 4.38. The van der Waals surface area contributed by atoms with Gasteiger partial charge in [0, 0.05) is 10.0 Å². The van der Waals surface area contributed by atoms with Gasteiger partial charge in [0.1, 0.15) is 5.41 Å². The van der Waals surface area contributed by atoms with Crippen LogP contribution in [0.4, 0.5) is 5.69 Å². The van der Waals surface area contributed by atoms with E-state index in [0.29, 0.717) is 15.7 Å². The van der Waals surface area contributed by atoms with Crippen molar-refractivity contribution in [1.82, 2.24) is 0 Å². The van der Waals surface area contributed by atoms with Gasteiger partial charge in [0.25, 0.3) is 0 Å². The van der Waals surface area contributed by atoms with Crippen molar-refractivity contribution in [2.45, 2.75) is 19.3 Å². The van der Waals surface area contributed by atoms with E-state index in [1.54, 1.807) is 18.2 Å². The van der Waals surface area contributed by atoms with Gasteiger partial charge in [-0.15, -0.1) is 0 Å². The van der Waals surface area contributed by atoms with Crippen molar-refractivity contribution in [2.24, 2.45) is 5.41 Å². The number of benzene rings is 3. The number of anilines is 1. The average molecular weight is 424 g/mol. The summed E-state index contributed by atoms with van der Waals surface area (Å²) in [6.07, 6.45) is 0. The normalized spacial score (nSPS) is 17.6. The van der Waals surface area contributed by atoms with Gasteiger partial charge < -0.3 is 0 Å². The van der Waals surface area contributed by atoms with Crippen LogP contribution in [0.3, 0.4) is 0 Å². The topological polar surface area (TPSA) is 37.4 Å². The van der Waals surface area contributed by atoms with Crippen LogP contribution >= 0.6 is 23.2 Å². The molecule has 0 aliphatic carbocycles. The predicted molar refractivity (Wildman–Crippen MR) is 116 cm³/mol. The molecule has 29 heavy (non-hydrogen) atoms. The summed E-state index contributed by atoms with van der Waals surface area (Å²) in [4.78, 5) is 29.0. The lowest BCUT2D eigenvalue weighted by atomic mass is 9.59. The Morgan fingerprint density at radius 2 is 1.14 bits per heavy atom. The summed E-state index contributed by atoms with van der Waals surface area (Å²) in [6.45, 7) is 3.64. The molecular weight excluding hydrogens is 405 g/mol. The van der Waals surface area contributed by atoms with Crippen LogP contribution in [0.15, 0.2) is 78.9 Å². The van der Waals surface area contributed by atoms with E-state index in [-0.39, 0.29) is 11.8 Å². The van der Waals surface area contributed by atoms with Gasteiger partial charge in [0.2, 0.25) is 11.8 Å². The minimum atomic E-state index is -1.18. The number of carbonyl (C=O) groups is 2. The third-order valence-electron chi connectivity index (χ3n) is 5.72. The van der Waals surface area contributed by atoms with Crippen LogP contribution in [0.5, 0.6) is 0 Å². The molecule has 0 spiro atoms. The summed E-state index contributed by atoms with van der Waals surface area (Å²) in [6, 6.07) is 23.7. The zero-order chi connectivity index (χ0) is 20.8. The molecule has 0 N–H and O–H groups in total. The Labute approximate surface area is 179 Å². The lowest BCUT2D eigenvalue weighted by Gasteiger charge is -2.37. The number of rotatable bonds is 3. The molecule has 3 nitrogen and oxygen atoms in total. The van der Waals surface area contributed by atoms with E-state index < -0.39 is 10.8 Å². The Balaban J connectivity index is 2.03. The molecule has 3 aromatic rings. The number of halogens is 2. The monoisotopic (exact) mass is 423 g/mol. The molecule has 4 rings (SSSR count). The highest BCUT2D eigenvalue weighted by Crippen LogP contribution is 2.55. The van der Waals surface area contributed by atoms with Crippen LogP contribution < -0.4 is 4.90 Å². The Bertz CT molecular complexity index is 1030. The van der Waals surface area contributed by atoms with Gasteiger partial charge in [-0.05, 0) is 43.2 Å². The van der Waals surface area contributed by atoms with E-state index in [1.165, 1.54) is 4.90 Å². The average Bonchev–Trinajstić information content (AvgIpc) is 2.85. The third-order valence-corrected chi connectivity index (χ3v) is 6.15. The fraction of sp³-hybridized carbons (Fsp3) is 0.167. The number of hydrogen-bond acceptors (Lipinski definition) is 2. The second-order valence-electron chi connectivity index (χ2n) is 7.68. The lowest BCUT2D eigenvalue weighted by Crippen LogP contribution is -2.46. The van der Waals surface area contributed by atoms with Gasteiger partial charge in [-0.3, -0.25) is 9.59 Å². The Morgan fingerprint density at radius 3 is 1.59 bits per heavy atom. The number of imide groups is 1. The van der Waals surface area contributed by atoms with Crippen molar-refractivity contribution in [3.63, 3.8) is 0 Å². The van der Waals surface area contributed by atoms with E-state index in [0.717, 1.165) is 11.1 Å². The molecule has 0 saturated carbocycles. The largest absolute Gasteiger partial charge is 0.273 e. The zero-order valence-corrected chi connectivity index (χ0v) is 17.5. The smallest absolute Gasteiger partial charge is 0.249 e. The van der Waals surface area contributed by atoms with Crippen molar-refractivity contribution in [3.05, 3.63) is 100 Å². The molecule has 1 aliphatic heterocycles. The highest BCUT2D eigenvalue weighted by molar-refractivity contribution is 6.36. The molecular formula is C24H19Cl2NO2. The van der Waals surface area contributed by atoms with Gasteiger partial charge in [-0.25, -0.2) is 4.90 Å². The lowest BCUT2D eigenvalue weighted by molar-refractivity contribution is -0.125. The molecule has 1 heterocycles. The fourth-order valence-corrected chi connectivity index (χ4v) is 4.90. The van der Waals surface area contributed by atoms with Crippen LogP contribution in [0, 0.1) is 5.41 Å². The van der Waals surface area contributed by atoms with Crippen molar-refractivity contribution in [3.8, 4) is 0 Å². The van der Waals surface area contributed by atoms with E-state index in [4.69, 9.17) is 23.2 Å². The Hall–Kier alpha value is -2.62. The van der Waals surface area contributed by atoms with Crippen molar-refractivity contribution in [2.75, 3.05) is 4.90 Å². The van der Waals surface area contributed by atoms with Gasteiger partial charge in [-0.2, -0.15) is 0 Å². The number of carbonyl (C=O) groups excluding carboxylic acids is 2. The van der Waals surface area contributed by atoms with Gasteiger partial charge in [0.05, 0.1) is 11.1 Å². The summed E-state index contributed by atoms with van der Waals surface area (Å²) in [5.74, 6) is -0.614. The van der Waals surface area contributed by atoms with Crippen LogP contribution in [0.25, 0.3) is 0 Å². The molecule has 2 amide bonds. The molecule has 1 aliphatic rings. The third kappa shape index (κ3) is 2.80. The first-order valence-corrected chi connectivity index (χ1v) is 10.0. The van der Waals surface area contributed by atoms with E-state index >= 15 is 0 Å². The van der Waals surface area contributed by atoms with Crippen LogP contribution in [0.1, 0.15) is 25.0 Å². The van der Waals surface area contributed by atoms with Crippen LogP contribution in [-0.2, 0) is 15.0 Å². The second-order valence-corrected chi connectivity index (χ2v) is 8.55. The number of amides is 2. The summed E-state index contributed by atoms with van der Waals surface area (Å²) in [5, 5.41) is 0.727. The van der Waals surface area contributed by atoms with Gasteiger partial charge in [-0.1, -0.05) is 83.9 Å². The molecule has 1 fully saturated rings. The maximum absolute atomic E-state index is 14.1. The first-order valence-electron chi connectivity index (χ1n) is 9.26. The molecule has 0 unspecified atom stereocenters. The van der Waals surface area contributed by atoms with Crippen molar-refractivity contribution < 1.29 is 9.59 Å². The van der Waals surface area contributed by atoms with Crippen LogP contribution in [-0.4, -0.2) is 11.8 Å². The van der Waals surface area contributed by atoms with Crippen LogP contribution in [0.2, 0.25) is 10.0 Å². The number of nitrogens with zero attached hydrogens (tertiary/aromatic N) is 1. The molecule has 5 heteroatoms. The quantitative estimate of drug-likeness (QED) is 0.493. The molecule has 0 bridgehead atoms. The molecule has 0 radical (unpaired) electrons. The van der Waals surface area contributed by atoms with Gasteiger partial charge in [0.15, 0.2) is 0 Å². The van der Waals surface area contributed by atoms with Crippen molar-refractivity contribution >= 4 is 40.7 Å². The highest BCUT2D eigenvalue weighted by atomic mass is 35.5. The molecule has 3 aromatic carbocycles. The highest BCUT2D eigenvalue weighted by Gasteiger charge is 2.66. The van der Waals surface area contributed by atoms with Crippen molar-refractivity contribution in [1.29, 1.82) is 0 Å². The van der Waals surface area contributed by atoms with Gasteiger partial charge >= 0.3 is 0 Å². The minimum Gasteiger partial charge on any atom is -0.273 e. The zero-order valence-electron chi connectivity index (χ0n) is 16.0. The number of hydrogen-bond donors (Lipinski definition) is 0. The van der Waals surface area contributed by atoms with E-state index in [9.17, 15) is 9.59 Å². The maximum atomic E-state index is 14.1. The summed E-state index contributed by atoms with van der Waals surface area (Å²) >= 11 is 12.3. The first-order chi connectivity index (χ1) is 13.8. The molecule has 1 saturated heterocycles. The maximum Gasteiger partial charge on any atom is 0.249 e. The SMILES string of the molecule is CC1(C)C(=O)N(c2cc(Cl)cc(Cl)c2)C(=O)C1(c1ccccc1)c1ccccc1.